The molecule has 30 heteroatoms. The number of nitrogens with two attached hydrogens (primary N) is 2. The minimum Gasteiger partial charge on any atom is -0.508 e. The average Bonchev–Trinajstić information content (AvgIpc) is 1.60. The van der Waals surface area contributed by atoms with Gasteiger partial charge in [-0.3, -0.25) is 47.9 Å². The van der Waals surface area contributed by atoms with Crippen LogP contribution in [0.3, 0.4) is 0 Å². The van der Waals surface area contributed by atoms with Crippen LogP contribution in [0.1, 0.15) is 99.7 Å². The van der Waals surface area contributed by atoms with Crippen molar-refractivity contribution in [2.75, 3.05) is 26.2 Å². The summed E-state index contributed by atoms with van der Waals surface area (Å²) in [6.07, 6.45) is 6.10. The predicted octanol–water partition coefficient (Wildman–Crippen LogP) is -1.92. The van der Waals surface area contributed by atoms with Crippen molar-refractivity contribution in [3.8, 4) is 11.5 Å². The predicted molar refractivity (Wildman–Crippen MR) is 349 cm³/mol. The fraction of sp³-hybridized carbons (Fsp3) is 0.485. The Morgan fingerprint density at radius 1 is 0.583 bits per heavy atom. The number of benzene rings is 3. The third-order valence-corrected chi connectivity index (χ3v) is 16.7. The minimum absolute atomic E-state index is 0.0499. The monoisotopic (exact) mass is 1330 g/mol. The van der Waals surface area contributed by atoms with Crippen molar-refractivity contribution in [1.29, 1.82) is 0 Å². The van der Waals surface area contributed by atoms with Gasteiger partial charge in [0.2, 0.25) is 59.1 Å². The van der Waals surface area contributed by atoms with Gasteiger partial charge in [0.1, 0.15) is 59.8 Å². The first-order chi connectivity index (χ1) is 46.1. The van der Waals surface area contributed by atoms with E-state index >= 15 is 0 Å². The molecule has 3 aromatic carbocycles. The molecule has 4 heterocycles. The molecule has 2 fully saturated rings. The van der Waals surface area contributed by atoms with E-state index in [0.29, 0.717) is 66.9 Å². The Labute approximate surface area is 555 Å². The number of nitrogens with one attached hydrogen (secondary N) is 11. The third-order valence-electron chi connectivity index (χ3n) is 16.7. The molecule has 5 aromatic rings. The van der Waals surface area contributed by atoms with Crippen LogP contribution in [0.15, 0.2) is 104 Å². The van der Waals surface area contributed by atoms with Crippen LogP contribution in [-0.2, 0) is 80.0 Å². The quantitative estimate of drug-likeness (QED) is 0.0193. The number of hydrogen-bond donors (Lipinski definition) is 17. The summed E-state index contributed by atoms with van der Waals surface area (Å²) in [4.78, 5) is 156. The van der Waals surface area contributed by atoms with Gasteiger partial charge in [-0.2, -0.15) is 0 Å². The fourth-order valence-electron chi connectivity index (χ4n) is 11.6. The number of aromatic amines is 2. The molecule has 0 saturated carbocycles. The highest BCUT2D eigenvalue weighted by Crippen LogP contribution is 2.22. The summed E-state index contributed by atoms with van der Waals surface area (Å²) in [6, 6.07) is 7.85. The molecular formula is C66H90N16O14. The smallest absolute Gasteiger partial charge is 0.246 e. The fourth-order valence-corrected chi connectivity index (χ4v) is 11.6. The summed E-state index contributed by atoms with van der Waals surface area (Å²) in [7, 11) is 0. The molecule has 2 aliphatic heterocycles. The highest BCUT2D eigenvalue weighted by Gasteiger charge is 2.41. The van der Waals surface area contributed by atoms with Gasteiger partial charge >= 0.3 is 0 Å². The summed E-state index contributed by atoms with van der Waals surface area (Å²) in [6.45, 7) is 3.86. The Balaban J connectivity index is 1.08. The third kappa shape index (κ3) is 22.7. The number of rotatable bonds is 37. The summed E-state index contributed by atoms with van der Waals surface area (Å²) in [5.41, 5.74) is 13.6. The van der Waals surface area contributed by atoms with Gasteiger partial charge in [-0.05, 0) is 111 Å². The molecule has 96 heavy (non-hydrogen) atoms. The number of phenolic OH excluding ortho intramolecular Hbond substituents is 2. The lowest BCUT2D eigenvalue weighted by Crippen LogP contribution is -2.60. The van der Waals surface area contributed by atoms with Crippen LogP contribution in [0.5, 0.6) is 11.5 Å². The number of aromatic hydroxyl groups is 2. The summed E-state index contributed by atoms with van der Waals surface area (Å²) in [5.74, 6) is -8.09. The first-order valence-electron chi connectivity index (χ1n) is 32.4. The first-order valence-corrected chi connectivity index (χ1v) is 32.4. The Hall–Kier alpha value is -9.78. The van der Waals surface area contributed by atoms with Crippen molar-refractivity contribution < 1.29 is 68.4 Å². The number of unbranched alkanes of at least 4 members (excludes halogenated alkanes) is 1. The number of aliphatic hydroxyl groups is 2. The molecular weight excluding hydrogens is 1240 g/mol. The standard InChI is InChI=1S/C66H90N16O14/c1-38(2)26-48(56(86)32-57(87)74-49(28-40-15-19-44(84)20-16-40)60(90)77-50(29-41-17-21-45(85)22-18-41)62(92)81-54(35-83)64(94)75-46(58(68)88)12-6-7-23-67)76-63(93)52(30-42-33-69-36-72-42)78-61(91)51(27-39-10-4-3-5-11-39)79-65(95)55-14-9-25-82(55)66(96)53(31-43-34-70-37-73-43)80-59(89)47-13-8-24-71-47/h3-5,10-11,15-22,33-34,36-38,46-56,71,83-86H,6-9,12-14,23-32,35,67H2,1-2H3,(H2,68,88)(H,69,72)(H,70,73)(H,74,87)(H,75,94)(H,76,93)(H,77,90)(H,78,91)(H,79,95)(H,80,89)(H,81,92)/t46-,47-,48-,49-,50-,51-,52-,53-,54-,55-,56-/m0/s1. The van der Waals surface area contributed by atoms with Crippen LogP contribution in [0.25, 0.3) is 0 Å². The van der Waals surface area contributed by atoms with Crippen LogP contribution in [0, 0.1) is 5.92 Å². The van der Waals surface area contributed by atoms with Crippen LogP contribution >= 0.6 is 0 Å². The molecule has 19 N–H and O–H groups in total. The van der Waals surface area contributed by atoms with E-state index in [1.54, 1.807) is 36.5 Å². The van der Waals surface area contributed by atoms with Crippen LogP contribution in [0.2, 0.25) is 0 Å². The molecule has 7 rings (SSSR count). The van der Waals surface area contributed by atoms with E-state index in [4.69, 9.17) is 11.5 Å². The van der Waals surface area contributed by atoms with E-state index in [1.807, 2.05) is 13.8 Å². The lowest BCUT2D eigenvalue weighted by atomic mass is 9.96. The summed E-state index contributed by atoms with van der Waals surface area (Å²) in [5, 5.41) is 67.1. The maximum absolute atomic E-state index is 14.8. The van der Waals surface area contributed by atoms with Gasteiger partial charge < -0.3 is 94.6 Å². The SMILES string of the molecule is CC(C)C[C@H](NC(=O)[C@H](Cc1cnc[nH]1)NC(=O)[C@H](Cc1ccccc1)NC(=O)[C@@H]1CCCN1C(=O)[C@H](Cc1cnc[nH]1)NC(=O)[C@@H]1CCCN1)[C@@H](O)CC(=O)N[C@@H](Cc1ccc(O)cc1)C(=O)N[C@@H](Cc1ccc(O)cc1)C(=O)N[C@@H](CO)C(=O)N[C@@H](CCCCN)C(N)=O. The van der Waals surface area contributed by atoms with E-state index in [2.05, 4.69) is 67.8 Å². The van der Waals surface area contributed by atoms with Crippen LogP contribution in [-0.4, -0.2) is 197 Å². The number of H-pyrrole nitrogens is 2. The molecule has 11 atom stereocenters. The molecule has 0 unspecified atom stereocenters. The highest BCUT2D eigenvalue weighted by molar-refractivity contribution is 5.98. The molecule has 2 saturated heterocycles. The molecule has 518 valence electrons. The lowest BCUT2D eigenvalue weighted by molar-refractivity contribution is -0.142. The lowest BCUT2D eigenvalue weighted by Gasteiger charge is -2.31. The average molecular weight is 1330 g/mol. The van der Waals surface area contributed by atoms with E-state index in [-0.39, 0.29) is 81.2 Å². The zero-order valence-corrected chi connectivity index (χ0v) is 53.8. The van der Waals surface area contributed by atoms with Crippen molar-refractivity contribution in [2.45, 2.75) is 170 Å². The van der Waals surface area contributed by atoms with Gasteiger partial charge in [0, 0.05) is 62.4 Å². The number of carbonyl (C=O) groups is 10. The normalized spacial score (nSPS) is 17.2. The van der Waals surface area contributed by atoms with Crippen molar-refractivity contribution in [1.82, 2.24) is 72.7 Å². The number of imidazole rings is 2. The van der Waals surface area contributed by atoms with Crippen molar-refractivity contribution in [2.24, 2.45) is 17.4 Å². The molecule has 2 aromatic heterocycles. The van der Waals surface area contributed by atoms with Crippen molar-refractivity contribution in [3.63, 3.8) is 0 Å². The highest BCUT2D eigenvalue weighted by atomic mass is 16.3. The van der Waals surface area contributed by atoms with Crippen LogP contribution in [0.4, 0.5) is 0 Å². The maximum atomic E-state index is 14.8. The van der Waals surface area contributed by atoms with Gasteiger partial charge in [0.05, 0.1) is 43.9 Å². The van der Waals surface area contributed by atoms with Crippen LogP contribution < -0.4 is 59.3 Å². The zero-order chi connectivity index (χ0) is 69.3. The largest absolute Gasteiger partial charge is 0.508 e. The second kappa shape index (κ2) is 36.8. The number of hydrogen-bond acceptors (Lipinski definition) is 18. The van der Waals surface area contributed by atoms with E-state index in [0.717, 1.165) is 6.42 Å². The van der Waals surface area contributed by atoms with Crippen molar-refractivity contribution >= 4 is 59.1 Å². The minimum atomic E-state index is -1.64. The Morgan fingerprint density at radius 2 is 1.08 bits per heavy atom. The van der Waals surface area contributed by atoms with Crippen molar-refractivity contribution in [3.05, 3.63) is 132 Å². The Bertz CT molecular complexity index is 3350. The zero-order valence-electron chi connectivity index (χ0n) is 53.8. The Kier molecular flexibility index (Phi) is 28.2. The van der Waals surface area contributed by atoms with Gasteiger partial charge in [-0.25, -0.2) is 9.97 Å². The first kappa shape index (κ1) is 73.6. The molecule has 0 aliphatic carbocycles. The van der Waals surface area contributed by atoms with E-state index in [1.165, 1.54) is 72.3 Å². The van der Waals surface area contributed by atoms with E-state index in [9.17, 15) is 68.4 Å². The topological polar surface area (TPSA) is 473 Å². The van der Waals surface area contributed by atoms with E-state index < -0.39 is 133 Å². The second-order valence-corrected chi connectivity index (χ2v) is 24.7. The van der Waals surface area contributed by atoms with Gasteiger partial charge in [0.15, 0.2) is 0 Å². The molecule has 0 radical (unpaired) electrons. The number of primary amides is 1. The number of nitrogens with zero attached hydrogens (tertiary/aromatic N) is 3. The molecule has 10 amide bonds. The molecule has 30 nitrogen and oxygen atoms in total. The number of aromatic nitrogens is 4. The summed E-state index contributed by atoms with van der Waals surface area (Å²) < 4.78 is 0. The van der Waals surface area contributed by atoms with Gasteiger partial charge in [-0.15, -0.1) is 0 Å². The summed E-state index contributed by atoms with van der Waals surface area (Å²) >= 11 is 0. The molecule has 2 aliphatic rings. The molecule has 0 bridgehead atoms. The number of phenols is 2. The second-order valence-electron chi connectivity index (χ2n) is 24.7. The number of likely N-dealkylation sites (tertiary alicyclic amines) is 1. The van der Waals surface area contributed by atoms with Gasteiger partial charge in [-0.1, -0.05) is 68.4 Å². The number of aliphatic hydroxyl groups excluding tert-OH is 2. The number of carbonyl (C=O) groups excluding carboxylic acids is 10. The van der Waals surface area contributed by atoms with Gasteiger partial charge in [0.25, 0.3) is 0 Å². The molecule has 0 spiro atoms. The maximum Gasteiger partial charge on any atom is 0.246 e. The number of amides is 10. The Morgan fingerprint density at radius 3 is 1.60 bits per heavy atom.